The maximum atomic E-state index is 13.0. The standard InChI is InChI=1S/C26H24N6O2/c1-3-19-6-10-22(11-7-19)34-17-31-16-21(14-28-31)30-26(33)23-15-29-32-24(12-13-27-25(23)32)20-8-4-18(2)5-9-20/h4-16H,3,17H2,1-2H3,(H,30,33). The Morgan fingerprint density at radius 2 is 1.79 bits per heavy atom. The van der Waals surface area contributed by atoms with Crippen LogP contribution in [0.2, 0.25) is 0 Å². The third-order valence-corrected chi connectivity index (χ3v) is 5.58. The number of hydrogen-bond donors (Lipinski definition) is 1. The van der Waals surface area contributed by atoms with Gasteiger partial charge in [0.2, 0.25) is 0 Å². The minimum absolute atomic E-state index is 0.236. The number of rotatable bonds is 7. The summed E-state index contributed by atoms with van der Waals surface area (Å²) in [5, 5.41) is 11.5. The molecular weight excluding hydrogens is 428 g/mol. The number of anilines is 1. The summed E-state index contributed by atoms with van der Waals surface area (Å²) in [5.41, 5.74) is 5.72. The summed E-state index contributed by atoms with van der Waals surface area (Å²) in [6.45, 7) is 4.39. The van der Waals surface area contributed by atoms with Crippen LogP contribution in [0.3, 0.4) is 0 Å². The van der Waals surface area contributed by atoms with E-state index in [2.05, 4.69) is 27.4 Å². The van der Waals surface area contributed by atoms with Crippen LogP contribution in [0.15, 0.2) is 79.4 Å². The van der Waals surface area contributed by atoms with Gasteiger partial charge in [-0.1, -0.05) is 48.9 Å². The predicted octanol–water partition coefficient (Wildman–Crippen LogP) is 4.75. The number of carbonyl (C=O) groups is 1. The molecule has 34 heavy (non-hydrogen) atoms. The average molecular weight is 453 g/mol. The SMILES string of the molecule is CCc1ccc(OCn2cc(NC(=O)c3cnn4c(-c5ccc(C)cc5)ccnc34)cn2)cc1. The second-order valence-corrected chi connectivity index (χ2v) is 7.98. The van der Waals surface area contributed by atoms with Crippen molar-refractivity contribution in [1.29, 1.82) is 0 Å². The highest BCUT2D eigenvalue weighted by Gasteiger charge is 2.17. The lowest BCUT2D eigenvalue weighted by Gasteiger charge is -2.07. The molecule has 0 radical (unpaired) electrons. The molecule has 0 saturated heterocycles. The van der Waals surface area contributed by atoms with Crippen LogP contribution < -0.4 is 10.1 Å². The van der Waals surface area contributed by atoms with Gasteiger partial charge in [-0.15, -0.1) is 0 Å². The van der Waals surface area contributed by atoms with E-state index < -0.39 is 0 Å². The third-order valence-electron chi connectivity index (χ3n) is 5.58. The van der Waals surface area contributed by atoms with Gasteiger partial charge in [0, 0.05) is 11.8 Å². The Morgan fingerprint density at radius 1 is 1.00 bits per heavy atom. The van der Waals surface area contributed by atoms with E-state index in [1.807, 2.05) is 61.5 Å². The number of aromatic nitrogens is 5. The number of nitrogens with zero attached hydrogens (tertiary/aromatic N) is 5. The highest BCUT2D eigenvalue weighted by atomic mass is 16.5. The van der Waals surface area contributed by atoms with Crippen molar-refractivity contribution >= 4 is 17.2 Å². The van der Waals surface area contributed by atoms with Crippen molar-refractivity contribution in [3.05, 3.63) is 96.1 Å². The van der Waals surface area contributed by atoms with Crippen molar-refractivity contribution in [2.45, 2.75) is 27.0 Å². The van der Waals surface area contributed by atoms with E-state index >= 15 is 0 Å². The van der Waals surface area contributed by atoms with Gasteiger partial charge in [-0.2, -0.15) is 10.2 Å². The largest absolute Gasteiger partial charge is 0.471 e. The van der Waals surface area contributed by atoms with E-state index in [-0.39, 0.29) is 12.6 Å². The summed E-state index contributed by atoms with van der Waals surface area (Å²) >= 11 is 0. The van der Waals surface area contributed by atoms with Crippen LogP contribution in [0, 0.1) is 6.92 Å². The fraction of sp³-hybridized carbons (Fsp3) is 0.154. The molecule has 1 amide bonds. The smallest absolute Gasteiger partial charge is 0.261 e. The predicted molar refractivity (Wildman–Crippen MR) is 130 cm³/mol. The van der Waals surface area contributed by atoms with Crippen molar-refractivity contribution in [2.24, 2.45) is 0 Å². The first kappa shape index (κ1) is 21.4. The van der Waals surface area contributed by atoms with Crippen molar-refractivity contribution < 1.29 is 9.53 Å². The molecule has 0 aliphatic heterocycles. The van der Waals surface area contributed by atoms with Crippen molar-refractivity contribution in [1.82, 2.24) is 24.4 Å². The van der Waals surface area contributed by atoms with Gasteiger partial charge < -0.3 is 10.1 Å². The molecule has 0 fully saturated rings. The van der Waals surface area contributed by atoms with Crippen LogP contribution in [0.5, 0.6) is 5.75 Å². The van der Waals surface area contributed by atoms with Gasteiger partial charge in [-0.05, 0) is 37.1 Å². The maximum Gasteiger partial charge on any atom is 0.261 e. The molecule has 8 heteroatoms. The number of aryl methyl sites for hydroxylation is 2. The zero-order chi connectivity index (χ0) is 23.5. The van der Waals surface area contributed by atoms with Crippen molar-refractivity contribution in [2.75, 3.05) is 5.32 Å². The summed E-state index contributed by atoms with van der Waals surface area (Å²) in [6, 6.07) is 18.0. The van der Waals surface area contributed by atoms with Gasteiger partial charge in [0.25, 0.3) is 5.91 Å². The fourth-order valence-electron chi connectivity index (χ4n) is 3.65. The number of carbonyl (C=O) groups excluding carboxylic acids is 1. The van der Waals surface area contributed by atoms with Gasteiger partial charge in [-0.25, -0.2) is 14.2 Å². The van der Waals surface area contributed by atoms with Gasteiger partial charge in [0.15, 0.2) is 12.4 Å². The topological polar surface area (TPSA) is 86.3 Å². The highest BCUT2D eigenvalue weighted by molar-refractivity contribution is 6.08. The highest BCUT2D eigenvalue weighted by Crippen LogP contribution is 2.22. The van der Waals surface area contributed by atoms with E-state index in [9.17, 15) is 4.79 Å². The lowest BCUT2D eigenvalue weighted by molar-refractivity contribution is 0.102. The van der Waals surface area contributed by atoms with E-state index in [4.69, 9.17) is 4.74 Å². The minimum atomic E-state index is -0.306. The lowest BCUT2D eigenvalue weighted by atomic mass is 10.1. The second kappa shape index (κ2) is 9.19. The molecule has 3 aromatic heterocycles. The summed E-state index contributed by atoms with van der Waals surface area (Å²) < 4.78 is 9.07. The Hall–Kier alpha value is -4.46. The lowest BCUT2D eigenvalue weighted by Crippen LogP contribution is -2.12. The van der Waals surface area contributed by atoms with Gasteiger partial charge in [0.1, 0.15) is 11.3 Å². The molecule has 0 unspecified atom stereocenters. The Bertz CT molecular complexity index is 1430. The van der Waals surface area contributed by atoms with E-state index in [0.717, 1.165) is 23.4 Å². The van der Waals surface area contributed by atoms with Crippen molar-refractivity contribution in [3.63, 3.8) is 0 Å². The molecule has 2 aromatic carbocycles. The molecule has 0 aliphatic rings. The summed E-state index contributed by atoms with van der Waals surface area (Å²) in [5.74, 6) is 0.458. The first-order valence-electron chi connectivity index (χ1n) is 11.1. The number of nitrogens with one attached hydrogen (secondary N) is 1. The number of ether oxygens (including phenoxy) is 1. The Labute approximate surface area is 196 Å². The molecule has 8 nitrogen and oxygen atoms in total. The van der Waals surface area contributed by atoms with Crippen LogP contribution in [-0.2, 0) is 13.2 Å². The van der Waals surface area contributed by atoms with Crippen LogP contribution >= 0.6 is 0 Å². The molecule has 0 bridgehead atoms. The summed E-state index contributed by atoms with van der Waals surface area (Å²) in [7, 11) is 0. The van der Waals surface area contributed by atoms with Gasteiger partial charge in [-0.3, -0.25) is 4.79 Å². The number of fused-ring (bicyclic) bond motifs is 1. The Morgan fingerprint density at radius 3 is 2.56 bits per heavy atom. The fourth-order valence-corrected chi connectivity index (χ4v) is 3.65. The number of amides is 1. The minimum Gasteiger partial charge on any atom is -0.471 e. The zero-order valence-corrected chi connectivity index (χ0v) is 19.0. The summed E-state index contributed by atoms with van der Waals surface area (Å²) in [6.07, 6.45) is 7.50. The van der Waals surface area contributed by atoms with Crippen LogP contribution in [-0.4, -0.2) is 30.3 Å². The molecule has 1 N–H and O–H groups in total. The molecule has 5 rings (SSSR count). The monoisotopic (exact) mass is 452 g/mol. The van der Waals surface area contributed by atoms with Crippen LogP contribution in [0.25, 0.3) is 16.9 Å². The first-order chi connectivity index (χ1) is 16.6. The Balaban J connectivity index is 1.29. The molecular formula is C26H24N6O2. The average Bonchev–Trinajstić information content (AvgIpc) is 3.50. The van der Waals surface area contributed by atoms with Gasteiger partial charge in [0.05, 0.1) is 30.0 Å². The van der Waals surface area contributed by atoms with Gasteiger partial charge >= 0.3 is 0 Å². The number of benzene rings is 2. The number of hydrogen-bond acceptors (Lipinski definition) is 5. The third kappa shape index (κ3) is 4.38. The molecule has 0 saturated carbocycles. The Kier molecular flexibility index (Phi) is 5.78. The molecule has 5 aromatic rings. The molecule has 170 valence electrons. The molecule has 3 heterocycles. The van der Waals surface area contributed by atoms with E-state index in [1.54, 1.807) is 27.8 Å². The maximum absolute atomic E-state index is 13.0. The van der Waals surface area contributed by atoms with Crippen molar-refractivity contribution in [3.8, 4) is 17.0 Å². The van der Waals surface area contributed by atoms with Crippen LogP contribution in [0.1, 0.15) is 28.4 Å². The quantitative estimate of drug-likeness (QED) is 0.385. The van der Waals surface area contributed by atoms with E-state index in [0.29, 0.717) is 16.9 Å². The molecule has 0 spiro atoms. The normalized spacial score (nSPS) is 11.0. The summed E-state index contributed by atoms with van der Waals surface area (Å²) in [4.78, 5) is 17.3. The van der Waals surface area contributed by atoms with Crippen LogP contribution in [0.4, 0.5) is 5.69 Å². The second-order valence-electron chi connectivity index (χ2n) is 7.98. The van der Waals surface area contributed by atoms with E-state index in [1.165, 1.54) is 17.3 Å². The molecule has 0 atom stereocenters. The molecule has 0 aliphatic carbocycles. The zero-order valence-electron chi connectivity index (χ0n) is 19.0. The first-order valence-corrected chi connectivity index (χ1v) is 11.1.